The Labute approximate surface area is 107 Å². The third-order valence-corrected chi connectivity index (χ3v) is 3.62. The molecule has 2 rings (SSSR count). The van der Waals surface area contributed by atoms with Crippen LogP contribution in [0.25, 0.3) is 0 Å². The minimum Gasteiger partial charge on any atom is -0.348 e. The van der Waals surface area contributed by atoms with Crippen molar-refractivity contribution < 1.29 is 4.92 Å². The second-order valence-electron chi connectivity index (χ2n) is 3.90. The fourth-order valence-corrected chi connectivity index (χ4v) is 2.17. The highest BCUT2D eigenvalue weighted by molar-refractivity contribution is 9.10. The summed E-state index contributed by atoms with van der Waals surface area (Å²) in [7, 11) is 0. The van der Waals surface area contributed by atoms with Gasteiger partial charge in [0.25, 0.3) is 0 Å². The molecule has 0 saturated carbocycles. The van der Waals surface area contributed by atoms with Crippen molar-refractivity contribution in [2.24, 2.45) is 0 Å². The molecule has 2 heterocycles. The van der Waals surface area contributed by atoms with E-state index in [4.69, 9.17) is 0 Å². The molecule has 0 bridgehead atoms. The number of rotatable bonds is 2. The van der Waals surface area contributed by atoms with Crippen LogP contribution in [0.1, 0.15) is 5.56 Å². The van der Waals surface area contributed by atoms with Crippen molar-refractivity contribution in [2.75, 3.05) is 31.1 Å². The number of pyridine rings is 1. The molecule has 1 fully saturated rings. The van der Waals surface area contributed by atoms with Crippen molar-refractivity contribution in [3.63, 3.8) is 0 Å². The summed E-state index contributed by atoms with van der Waals surface area (Å²) in [5.41, 5.74) is 0.722. The molecule has 0 radical (unpaired) electrons. The second-order valence-corrected chi connectivity index (χ2v) is 4.75. The quantitative estimate of drug-likeness (QED) is 0.661. The Morgan fingerprint density at radius 1 is 1.53 bits per heavy atom. The lowest BCUT2D eigenvalue weighted by molar-refractivity contribution is -0.385. The Kier molecular flexibility index (Phi) is 3.58. The molecule has 1 saturated heterocycles. The van der Waals surface area contributed by atoms with Gasteiger partial charge in [-0.2, -0.15) is 0 Å². The number of nitrogens with zero attached hydrogens (tertiary/aromatic N) is 3. The first-order valence-electron chi connectivity index (χ1n) is 5.36. The molecule has 1 aromatic rings. The third kappa shape index (κ3) is 2.39. The predicted octanol–water partition coefficient (Wildman–Crippen LogP) is 1.47. The number of hydrogen-bond acceptors (Lipinski definition) is 5. The molecular weight excluding hydrogens is 288 g/mol. The Morgan fingerprint density at radius 2 is 2.18 bits per heavy atom. The summed E-state index contributed by atoms with van der Waals surface area (Å²) in [5, 5.41) is 14.4. The number of nitro groups is 1. The minimum atomic E-state index is -0.357. The first kappa shape index (κ1) is 12.3. The molecule has 1 aromatic heterocycles. The van der Waals surface area contributed by atoms with Crippen LogP contribution >= 0.6 is 15.9 Å². The SMILES string of the molecule is Cc1c(Br)cnc(N2CCNCC2)c1[N+](=O)[O-]. The Morgan fingerprint density at radius 3 is 2.76 bits per heavy atom. The highest BCUT2D eigenvalue weighted by atomic mass is 79.9. The average Bonchev–Trinajstić information content (AvgIpc) is 2.33. The van der Waals surface area contributed by atoms with Gasteiger partial charge < -0.3 is 10.2 Å². The van der Waals surface area contributed by atoms with Crippen LogP contribution in [0, 0.1) is 17.0 Å². The summed E-state index contributed by atoms with van der Waals surface area (Å²) >= 11 is 3.27. The number of halogens is 1. The average molecular weight is 301 g/mol. The van der Waals surface area contributed by atoms with Crippen LogP contribution in [0.2, 0.25) is 0 Å². The maximum atomic E-state index is 11.1. The van der Waals surface area contributed by atoms with Gasteiger partial charge in [0, 0.05) is 42.4 Å². The zero-order valence-electron chi connectivity index (χ0n) is 9.44. The van der Waals surface area contributed by atoms with E-state index in [0.29, 0.717) is 15.9 Å². The van der Waals surface area contributed by atoms with Gasteiger partial charge in [0.1, 0.15) is 0 Å². The van der Waals surface area contributed by atoms with Crippen LogP contribution in [0.15, 0.2) is 10.7 Å². The maximum Gasteiger partial charge on any atom is 0.315 e. The Balaban J connectivity index is 2.45. The van der Waals surface area contributed by atoms with E-state index in [-0.39, 0.29) is 10.6 Å². The van der Waals surface area contributed by atoms with Gasteiger partial charge in [0.2, 0.25) is 5.82 Å². The largest absolute Gasteiger partial charge is 0.348 e. The van der Waals surface area contributed by atoms with Crippen molar-refractivity contribution in [3.05, 3.63) is 26.3 Å². The highest BCUT2D eigenvalue weighted by Crippen LogP contribution is 2.33. The molecule has 6 nitrogen and oxygen atoms in total. The van der Waals surface area contributed by atoms with Crippen LogP contribution in [0.5, 0.6) is 0 Å². The molecule has 1 aliphatic heterocycles. The molecule has 0 aromatic carbocycles. The van der Waals surface area contributed by atoms with Gasteiger partial charge in [0.15, 0.2) is 0 Å². The fourth-order valence-electron chi connectivity index (χ4n) is 1.88. The van der Waals surface area contributed by atoms with Gasteiger partial charge in [0.05, 0.1) is 4.92 Å². The Bertz CT molecular complexity index is 446. The monoisotopic (exact) mass is 300 g/mol. The lowest BCUT2D eigenvalue weighted by Crippen LogP contribution is -2.44. The van der Waals surface area contributed by atoms with Gasteiger partial charge in [-0.05, 0) is 22.9 Å². The summed E-state index contributed by atoms with van der Waals surface area (Å²) in [5.74, 6) is 0.470. The van der Waals surface area contributed by atoms with Gasteiger partial charge >= 0.3 is 5.69 Å². The second kappa shape index (κ2) is 4.97. The molecule has 92 valence electrons. The summed E-state index contributed by atoms with van der Waals surface area (Å²) < 4.78 is 0.670. The normalized spacial score (nSPS) is 16.0. The summed E-state index contributed by atoms with van der Waals surface area (Å²) in [6, 6.07) is 0. The molecule has 17 heavy (non-hydrogen) atoms. The van der Waals surface area contributed by atoms with Gasteiger partial charge in [-0.3, -0.25) is 10.1 Å². The van der Waals surface area contributed by atoms with E-state index in [9.17, 15) is 10.1 Å². The zero-order chi connectivity index (χ0) is 12.4. The Hall–Kier alpha value is -1.21. The third-order valence-electron chi connectivity index (χ3n) is 2.82. The number of piperazine rings is 1. The van der Waals surface area contributed by atoms with E-state index < -0.39 is 0 Å². The molecule has 1 aliphatic rings. The van der Waals surface area contributed by atoms with E-state index in [1.165, 1.54) is 0 Å². The lowest BCUT2D eigenvalue weighted by Gasteiger charge is -2.28. The van der Waals surface area contributed by atoms with Crippen molar-refractivity contribution >= 4 is 27.4 Å². The number of aromatic nitrogens is 1. The summed E-state index contributed by atoms with van der Waals surface area (Å²) in [4.78, 5) is 16.9. The first-order chi connectivity index (χ1) is 8.11. The predicted molar refractivity (Wildman–Crippen MR) is 68.4 cm³/mol. The van der Waals surface area contributed by atoms with E-state index in [0.717, 1.165) is 26.2 Å². The first-order valence-corrected chi connectivity index (χ1v) is 6.15. The van der Waals surface area contributed by atoms with Crippen LogP contribution in [0.4, 0.5) is 11.5 Å². The van der Waals surface area contributed by atoms with Crippen molar-refractivity contribution in [1.82, 2.24) is 10.3 Å². The maximum absolute atomic E-state index is 11.1. The smallest absolute Gasteiger partial charge is 0.315 e. The molecule has 7 heteroatoms. The number of hydrogen-bond donors (Lipinski definition) is 1. The van der Waals surface area contributed by atoms with Gasteiger partial charge in [-0.1, -0.05) is 0 Å². The van der Waals surface area contributed by atoms with Gasteiger partial charge in [-0.15, -0.1) is 0 Å². The molecule has 0 amide bonds. The molecule has 0 atom stereocenters. The zero-order valence-corrected chi connectivity index (χ0v) is 11.0. The van der Waals surface area contributed by atoms with Crippen molar-refractivity contribution in [1.29, 1.82) is 0 Å². The van der Waals surface area contributed by atoms with E-state index in [2.05, 4.69) is 26.2 Å². The molecule has 0 spiro atoms. The summed E-state index contributed by atoms with van der Waals surface area (Å²) in [6.45, 7) is 4.88. The van der Waals surface area contributed by atoms with E-state index >= 15 is 0 Å². The van der Waals surface area contributed by atoms with Crippen LogP contribution < -0.4 is 10.2 Å². The lowest BCUT2D eigenvalue weighted by atomic mass is 10.2. The summed E-state index contributed by atoms with van der Waals surface area (Å²) in [6.07, 6.45) is 1.62. The molecular formula is C10H13BrN4O2. The molecule has 0 unspecified atom stereocenters. The van der Waals surface area contributed by atoms with E-state index in [1.807, 2.05) is 4.90 Å². The van der Waals surface area contributed by atoms with Crippen LogP contribution in [-0.4, -0.2) is 36.1 Å². The van der Waals surface area contributed by atoms with Gasteiger partial charge in [-0.25, -0.2) is 4.98 Å². The number of nitrogens with one attached hydrogen (secondary N) is 1. The van der Waals surface area contributed by atoms with Crippen molar-refractivity contribution in [3.8, 4) is 0 Å². The highest BCUT2D eigenvalue weighted by Gasteiger charge is 2.26. The number of anilines is 1. The topological polar surface area (TPSA) is 71.3 Å². The van der Waals surface area contributed by atoms with Crippen LogP contribution in [-0.2, 0) is 0 Å². The fraction of sp³-hybridized carbons (Fsp3) is 0.500. The molecule has 0 aliphatic carbocycles. The molecule has 1 N–H and O–H groups in total. The standard InChI is InChI=1S/C10H13BrN4O2/c1-7-8(11)6-13-10(9(7)15(16)17)14-4-2-12-3-5-14/h6,12H,2-5H2,1H3. The van der Waals surface area contributed by atoms with Crippen LogP contribution in [0.3, 0.4) is 0 Å². The van der Waals surface area contributed by atoms with Crippen molar-refractivity contribution in [2.45, 2.75) is 6.92 Å². The minimum absolute atomic E-state index is 0.0984. The van der Waals surface area contributed by atoms with E-state index in [1.54, 1.807) is 13.1 Å².